The lowest BCUT2D eigenvalue weighted by molar-refractivity contribution is -0.148. The molecule has 1 aromatic rings. The van der Waals surface area contributed by atoms with E-state index >= 15 is 0 Å². The predicted molar refractivity (Wildman–Crippen MR) is 61.9 cm³/mol. The summed E-state index contributed by atoms with van der Waals surface area (Å²) in [5.74, 6) is -0.193. The van der Waals surface area contributed by atoms with Gasteiger partial charge < -0.3 is 10.0 Å². The number of benzene rings is 1. The zero-order valence-corrected chi connectivity index (χ0v) is 9.73. The molecule has 0 saturated carbocycles. The van der Waals surface area contributed by atoms with Crippen LogP contribution in [0.5, 0.6) is 0 Å². The number of hydrogen-bond acceptors (Lipinski definition) is 2. The number of carbonyl (C=O) groups excluding carboxylic acids is 1. The molecule has 0 aromatic heterocycles. The number of aliphatic hydroxyl groups is 1. The molecule has 1 aromatic carbocycles. The minimum absolute atomic E-state index is 0.193. The SMILES string of the molecule is CC(C)(O)C(=O)N1CCc2ccccc2C1. The van der Waals surface area contributed by atoms with Gasteiger partial charge in [0.25, 0.3) is 5.91 Å². The zero-order chi connectivity index (χ0) is 11.8. The molecule has 1 aliphatic heterocycles. The van der Waals surface area contributed by atoms with Gasteiger partial charge in [-0.1, -0.05) is 24.3 Å². The van der Waals surface area contributed by atoms with Crippen molar-refractivity contribution in [3.63, 3.8) is 0 Å². The maximum atomic E-state index is 11.9. The number of rotatable bonds is 1. The molecule has 3 heteroatoms. The van der Waals surface area contributed by atoms with Gasteiger partial charge in [0.15, 0.2) is 0 Å². The van der Waals surface area contributed by atoms with Gasteiger partial charge >= 0.3 is 0 Å². The molecule has 1 N–H and O–H groups in total. The third-order valence-corrected chi connectivity index (χ3v) is 2.94. The Kier molecular flexibility index (Phi) is 2.72. The molecule has 86 valence electrons. The van der Waals surface area contributed by atoms with Crippen molar-refractivity contribution >= 4 is 5.91 Å². The monoisotopic (exact) mass is 219 g/mol. The van der Waals surface area contributed by atoms with Gasteiger partial charge in [-0.25, -0.2) is 0 Å². The summed E-state index contributed by atoms with van der Waals surface area (Å²) >= 11 is 0. The second kappa shape index (κ2) is 3.91. The van der Waals surface area contributed by atoms with Crippen molar-refractivity contribution in [2.75, 3.05) is 6.54 Å². The first-order valence-electron chi connectivity index (χ1n) is 5.57. The van der Waals surface area contributed by atoms with Crippen LogP contribution in [0.25, 0.3) is 0 Å². The van der Waals surface area contributed by atoms with E-state index < -0.39 is 5.60 Å². The Labute approximate surface area is 95.7 Å². The van der Waals surface area contributed by atoms with Crippen molar-refractivity contribution in [1.82, 2.24) is 4.90 Å². The first-order chi connectivity index (χ1) is 7.48. The number of carbonyl (C=O) groups is 1. The lowest BCUT2D eigenvalue weighted by Crippen LogP contribution is -2.47. The normalized spacial score (nSPS) is 15.8. The van der Waals surface area contributed by atoms with Crippen LogP contribution in [-0.4, -0.2) is 28.1 Å². The molecule has 0 saturated heterocycles. The highest BCUT2D eigenvalue weighted by Crippen LogP contribution is 2.20. The highest BCUT2D eigenvalue weighted by molar-refractivity contribution is 5.84. The van der Waals surface area contributed by atoms with Crippen LogP contribution in [0.15, 0.2) is 24.3 Å². The van der Waals surface area contributed by atoms with Gasteiger partial charge in [0, 0.05) is 13.1 Å². The Morgan fingerprint density at radius 3 is 2.56 bits per heavy atom. The minimum atomic E-state index is -1.27. The largest absolute Gasteiger partial charge is 0.381 e. The van der Waals surface area contributed by atoms with Crippen molar-refractivity contribution in [3.05, 3.63) is 35.4 Å². The molecule has 1 aliphatic rings. The van der Waals surface area contributed by atoms with Gasteiger partial charge in [-0.2, -0.15) is 0 Å². The number of amides is 1. The molecule has 1 heterocycles. The van der Waals surface area contributed by atoms with Crippen molar-refractivity contribution in [2.45, 2.75) is 32.4 Å². The summed E-state index contributed by atoms with van der Waals surface area (Å²) in [5.41, 5.74) is 1.22. The Morgan fingerprint density at radius 1 is 1.31 bits per heavy atom. The van der Waals surface area contributed by atoms with E-state index in [9.17, 15) is 9.90 Å². The number of fused-ring (bicyclic) bond motifs is 1. The van der Waals surface area contributed by atoms with Gasteiger partial charge in [0.05, 0.1) is 0 Å². The van der Waals surface area contributed by atoms with Crippen molar-refractivity contribution < 1.29 is 9.90 Å². The summed E-state index contributed by atoms with van der Waals surface area (Å²) in [6.07, 6.45) is 0.873. The van der Waals surface area contributed by atoms with Gasteiger partial charge in [-0.15, -0.1) is 0 Å². The second-order valence-electron chi connectivity index (χ2n) is 4.80. The average molecular weight is 219 g/mol. The maximum Gasteiger partial charge on any atom is 0.254 e. The van der Waals surface area contributed by atoms with E-state index in [0.29, 0.717) is 13.1 Å². The molecule has 3 nitrogen and oxygen atoms in total. The molecular formula is C13H17NO2. The van der Waals surface area contributed by atoms with Crippen LogP contribution in [0.4, 0.5) is 0 Å². The van der Waals surface area contributed by atoms with E-state index in [1.54, 1.807) is 4.90 Å². The van der Waals surface area contributed by atoms with Crippen molar-refractivity contribution in [3.8, 4) is 0 Å². The summed E-state index contributed by atoms with van der Waals surface area (Å²) in [5, 5.41) is 9.70. The first-order valence-corrected chi connectivity index (χ1v) is 5.57. The fraction of sp³-hybridized carbons (Fsp3) is 0.462. The van der Waals surface area contributed by atoms with Gasteiger partial charge in [-0.05, 0) is 31.4 Å². The first kappa shape index (κ1) is 11.1. The van der Waals surface area contributed by atoms with Crippen LogP contribution in [-0.2, 0) is 17.8 Å². The van der Waals surface area contributed by atoms with Crippen molar-refractivity contribution in [2.24, 2.45) is 0 Å². The van der Waals surface area contributed by atoms with E-state index in [-0.39, 0.29) is 5.91 Å². The highest BCUT2D eigenvalue weighted by atomic mass is 16.3. The lowest BCUT2D eigenvalue weighted by Gasteiger charge is -2.32. The third-order valence-electron chi connectivity index (χ3n) is 2.94. The Morgan fingerprint density at radius 2 is 1.94 bits per heavy atom. The molecule has 0 atom stereocenters. The van der Waals surface area contributed by atoms with E-state index in [0.717, 1.165) is 6.42 Å². The van der Waals surface area contributed by atoms with Gasteiger partial charge in [0.2, 0.25) is 0 Å². The van der Waals surface area contributed by atoms with Crippen molar-refractivity contribution in [1.29, 1.82) is 0 Å². The summed E-state index contributed by atoms with van der Waals surface area (Å²) in [4.78, 5) is 13.6. The Bertz CT molecular complexity index is 407. The molecule has 1 amide bonds. The van der Waals surface area contributed by atoms with E-state index in [1.807, 2.05) is 18.2 Å². The molecule has 16 heavy (non-hydrogen) atoms. The molecule has 0 unspecified atom stereocenters. The standard InChI is InChI=1S/C13H17NO2/c1-13(2,16)12(15)14-8-7-10-5-3-4-6-11(10)9-14/h3-6,16H,7-9H2,1-2H3. The Balaban J connectivity index is 2.17. The quantitative estimate of drug-likeness (QED) is 0.774. The van der Waals surface area contributed by atoms with Crippen LogP contribution >= 0.6 is 0 Å². The fourth-order valence-corrected chi connectivity index (χ4v) is 2.06. The van der Waals surface area contributed by atoms with E-state index in [1.165, 1.54) is 25.0 Å². The molecular weight excluding hydrogens is 202 g/mol. The number of nitrogens with zero attached hydrogens (tertiary/aromatic N) is 1. The highest BCUT2D eigenvalue weighted by Gasteiger charge is 2.31. The molecule has 0 radical (unpaired) electrons. The van der Waals surface area contributed by atoms with Crippen LogP contribution in [0.1, 0.15) is 25.0 Å². The minimum Gasteiger partial charge on any atom is -0.381 e. The summed E-state index contributed by atoms with van der Waals surface area (Å²) in [6, 6.07) is 8.14. The van der Waals surface area contributed by atoms with Gasteiger partial charge in [0.1, 0.15) is 5.60 Å². The fourth-order valence-electron chi connectivity index (χ4n) is 2.06. The molecule has 2 rings (SSSR count). The maximum absolute atomic E-state index is 11.9. The molecule has 0 fully saturated rings. The second-order valence-corrected chi connectivity index (χ2v) is 4.80. The Hall–Kier alpha value is -1.35. The van der Waals surface area contributed by atoms with Crippen LogP contribution in [0.3, 0.4) is 0 Å². The van der Waals surface area contributed by atoms with Crippen LogP contribution in [0.2, 0.25) is 0 Å². The smallest absolute Gasteiger partial charge is 0.254 e. The summed E-state index contributed by atoms with van der Waals surface area (Å²) in [7, 11) is 0. The summed E-state index contributed by atoms with van der Waals surface area (Å²) < 4.78 is 0. The van der Waals surface area contributed by atoms with Crippen LogP contribution < -0.4 is 0 Å². The predicted octanol–water partition coefficient (Wildman–Crippen LogP) is 1.34. The molecule has 0 bridgehead atoms. The van der Waals surface area contributed by atoms with E-state index in [4.69, 9.17) is 0 Å². The molecule has 0 aliphatic carbocycles. The zero-order valence-electron chi connectivity index (χ0n) is 9.73. The lowest BCUT2D eigenvalue weighted by atomic mass is 9.98. The molecule has 0 spiro atoms. The third kappa shape index (κ3) is 2.09. The van der Waals surface area contributed by atoms with Crippen LogP contribution in [0, 0.1) is 0 Å². The average Bonchev–Trinajstić information content (AvgIpc) is 2.26. The topological polar surface area (TPSA) is 40.5 Å². The number of hydrogen-bond donors (Lipinski definition) is 1. The van der Waals surface area contributed by atoms with Gasteiger partial charge in [-0.3, -0.25) is 4.79 Å². The van der Waals surface area contributed by atoms with E-state index in [2.05, 4.69) is 6.07 Å². The summed E-state index contributed by atoms with van der Waals surface area (Å²) in [6.45, 7) is 4.38.